The Balaban J connectivity index is 1.88. The monoisotopic (exact) mass is 361 g/mol. The molecule has 1 aromatic rings. The predicted molar refractivity (Wildman–Crippen MR) is 85.7 cm³/mol. The quantitative estimate of drug-likeness (QED) is 0.892. The molecule has 6 nitrogen and oxygen atoms in total. The first kappa shape index (κ1) is 17.0. The summed E-state index contributed by atoms with van der Waals surface area (Å²) in [5.74, 6) is -0.0192. The van der Waals surface area contributed by atoms with E-state index >= 15 is 0 Å². The van der Waals surface area contributed by atoms with Crippen LogP contribution in [0.15, 0.2) is 18.2 Å². The molecule has 1 N–H and O–H groups in total. The molecule has 0 saturated heterocycles. The molecule has 1 aliphatic heterocycles. The molecule has 1 atom stereocenters. The average Bonchev–Trinajstić information content (AvgIpc) is 2.54. The number of hydrogen-bond donors (Lipinski definition) is 1. The Morgan fingerprint density at radius 3 is 2.78 bits per heavy atom. The molecular formula is C15H20ClNO5S. The molecule has 1 saturated carbocycles. The van der Waals surface area contributed by atoms with Crippen LogP contribution < -0.4 is 9.46 Å². The Morgan fingerprint density at radius 2 is 2.09 bits per heavy atom. The third-order valence-corrected chi connectivity index (χ3v) is 5.39. The number of benzene rings is 1. The van der Waals surface area contributed by atoms with E-state index in [1.807, 2.05) is 0 Å². The maximum atomic E-state index is 11.5. The first-order valence-corrected chi connectivity index (χ1v) is 9.46. The van der Waals surface area contributed by atoms with Crippen molar-refractivity contribution in [1.82, 2.24) is 4.72 Å². The number of hydrogen-bond acceptors (Lipinski definition) is 5. The van der Waals surface area contributed by atoms with Gasteiger partial charge in [-0.25, -0.2) is 0 Å². The Labute approximate surface area is 141 Å². The van der Waals surface area contributed by atoms with Gasteiger partial charge in [0.25, 0.3) is 0 Å². The topological polar surface area (TPSA) is 73.9 Å². The number of halogens is 1. The van der Waals surface area contributed by atoms with Gasteiger partial charge in [0, 0.05) is 30.5 Å². The minimum Gasteiger partial charge on any atom is -0.462 e. The molecular weight excluding hydrogens is 342 g/mol. The van der Waals surface area contributed by atoms with Gasteiger partial charge in [-0.15, -0.1) is 0 Å². The van der Waals surface area contributed by atoms with Gasteiger partial charge in [-0.2, -0.15) is 13.1 Å². The van der Waals surface area contributed by atoms with Gasteiger partial charge in [0.2, 0.25) is 5.79 Å². The van der Waals surface area contributed by atoms with Crippen molar-refractivity contribution in [2.45, 2.75) is 44.0 Å². The second-order valence-electron chi connectivity index (χ2n) is 5.80. The van der Waals surface area contributed by atoms with Gasteiger partial charge in [0.15, 0.2) is 0 Å². The smallest absolute Gasteiger partial charge is 0.335 e. The van der Waals surface area contributed by atoms with Crippen molar-refractivity contribution in [1.29, 1.82) is 0 Å². The van der Waals surface area contributed by atoms with Crippen LogP contribution in [0.5, 0.6) is 5.75 Å². The van der Waals surface area contributed by atoms with E-state index in [1.54, 1.807) is 18.2 Å². The van der Waals surface area contributed by atoms with Crippen molar-refractivity contribution < 1.29 is 22.1 Å². The SMILES string of the molecule is CNS(=O)(=O)OCC1OC2(CCCCC2)Oc2ccc(Cl)cc21. The highest BCUT2D eigenvalue weighted by Gasteiger charge is 2.43. The molecule has 128 valence electrons. The van der Waals surface area contributed by atoms with Gasteiger partial charge in [-0.3, -0.25) is 4.18 Å². The normalized spacial score (nSPS) is 23.3. The van der Waals surface area contributed by atoms with Crippen LogP contribution in [0.3, 0.4) is 0 Å². The van der Waals surface area contributed by atoms with Gasteiger partial charge in [-0.1, -0.05) is 18.0 Å². The van der Waals surface area contributed by atoms with Crippen molar-refractivity contribution in [3.8, 4) is 5.75 Å². The first-order chi connectivity index (χ1) is 10.9. The molecule has 8 heteroatoms. The minimum absolute atomic E-state index is 0.123. The maximum Gasteiger partial charge on any atom is 0.335 e. The van der Waals surface area contributed by atoms with Crippen molar-refractivity contribution in [2.75, 3.05) is 13.7 Å². The van der Waals surface area contributed by atoms with Gasteiger partial charge < -0.3 is 9.47 Å². The van der Waals surface area contributed by atoms with Gasteiger partial charge >= 0.3 is 10.3 Å². The summed E-state index contributed by atoms with van der Waals surface area (Å²) in [6, 6.07) is 5.28. The lowest BCUT2D eigenvalue weighted by Gasteiger charge is -2.44. The highest BCUT2D eigenvalue weighted by atomic mass is 35.5. The van der Waals surface area contributed by atoms with Crippen molar-refractivity contribution in [3.63, 3.8) is 0 Å². The summed E-state index contributed by atoms with van der Waals surface area (Å²) in [4.78, 5) is 0. The summed E-state index contributed by atoms with van der Waals surface area (Å²) in [6.45, 7) is -0.123. The lowest BCUT2D eigenvalue weighted by molar-refractivity contribution is -0.249. The first-order valence-electron chi connectivity index (χ1n) is 7.67. The number of nitrogens with one attached hydrogen (secondary N) is 1. The largest absolute Gasteiger partial charge is 0.462 e. The van der Waals surface area contributed by atoms with Crippen molar-refractivity contribution >= 4 is 21.9 Å². The molecule has 3 rings (SSSR count). The molecule has 0 radical (unpaired) electrons. The van der Waals surface area contributed by atoms with Crippen molar-refractivity contribution in [3.05, 3.63) is 28.8 Å². The van der Waals surface area contributed by atoms with Crippen LogP contribution in [0.25, 0.3) is 0 Å². The summed E-state index contributed by atoms with van der Waals surface area (Å²) in [6.07, 6.45) is 4.21. The maximum absolute atomic E-state index is 11.5. The van der Waals surface area contributed by atoms with Crippen LogP contribution >= 0.6 is 11.6 Å². The van der Waals surface area contributed by atoms with E-state index in [0.29, 0.717) is 16.3 Å². The number of fused-ring (bicyclic) bond motifs is 1. The van der Waals surface area contributed by atoms with Crippen LogP contribution in [0.4, 0.5) is 0 Å². The van der Waals surface area contributed by atoms with Crippen molar-refractivity contribution in [2.24, 2.45) is 0 Å². The summed E-state index contributed by atoms with van der Waals surface area (Å²) >= 11 is 6.05. The minimum atomic E-state index is -3.78. The Bertz CT molecular complexity index is 672. The zero-order valence-electron chi connectivity index (χ0n) is 12.9. The summed E-state index contributed by atoms with van der Waals surface area (Å²) in [7, 11) is -2.48. The summed E-state index contributed by atoms with van der Waals surface area (Å²) in [5.41, 5.74) is 0.708. The van der Waals surface area contributed by atoms with Crippen LogP contribution in [-0.2, 0) is 19.2 Å². The molecule has 23 heavy (non-hydrogen) atoms. The Morgan fingerprint density at radius 1 is 1.35 bits per heavy atom. The van der Waals surface area contributed by atoms with Gasteiger partial charge in [0.1, 0.15) is 11.9 Å². The molecule has 1 spiro atoms. The average molecular weight is 362 g/mol. The highest BCUT2D eigenvalue weighted by molar-refractivity contribution is 7.84. The number of ether oxygens (including phenoxy) is 2. The van der Waals surface area contributed by atoms with Gasteiger partial charge in [0.05, 0.1) is 6.61 Å². The fraction of sp³-hybridized carbons (Fsp3) is 0.600. The van der Waals surface area contributed by atoms with Gasteiger partial charge in [-0.05, 0) is 31.0 Å². The standard InChI is InChI=1S/C15H20ClNO5S/c1-17-23(18,19)20-10-14-12-9-11(16)5-6-13(12)21-15(22-14)7-3-2-4-8-15/h5-6,9,14,17H,2-4,7-8,10H2,1H3. The van der Waals surface area contributed by atoms with Crippen LogP contribution in [0.2, 0.25) is 5.02 Å². The second-order valence-corrected chi connectivity index (χ2v) is 7.79. The van der Waals surface area contributed by atoms with E-state index in [1.165, 1.54) is 7.05 Å². The lowest BCUT2D eigenvalue weighted by Crippen LogP contribution is -2.46. The van der Waals surface area contributed by atoms with Crippen LogP contribution in [0.1, 0.15) is 43.8 Å². The summed E-state index contributed by atoms with van der Waals surface area (Å²) in [5, 5.41) is 0.539. The molecule has 1 aliphatic carbocycles. The van der Waals surface area contributed by atoms with Crippen LogP contribution in [-0.4, -0.2) is 27.9 Å². The molecule has 0 bridgehead atoms. The molecule has 1 fully saturated rings. The fourth-order valence-electron chi connectivity index (χ4n) is 3.06. The van der Waals surface area contributed by atoms with E-state index in [-0.39, 0.29) is 6.61 Å². The molecule has 1 unspecified atom stereocenters. The van der Waals surface area contributed by atoms with E-state index in [0.717, 1.165) is 32.1 Å². The Hall–Kier alpha value is -0.860. The highest BCUT2D eigenvalue weighted by Crippen LogP contribution is 2.45. The zero-order chi connectivity index (χ0) is 16.5. The predicted octanol–water partition coefficient (Wildman–Crippen LogP) is 2.93. The van der Waals surface area contributed by atoms with E-state index in [4.69, 9.17) is 25.3 Å². The molecule has 1 heterocycles. The van der Waals surface area contributed by atoms with E-state index in [9.17, 15) is 8.42 Å². The molecule has 0 aromatic heterocycles. The van der Waals surface area contributed by atoms with E-state index in [2.05, 4.69) is 4.72 Å². The second kappa shape index (κ2) is 6.57. The fourth-order valence-corrected chi connectivity index (χ4v) is 3.66. The number of rotatable bonds is 4. The van der Waals surface area contributed by atoms with E-state index < -0.39 is 22.2 Å². The zero-order valence-corrected chi connectivity index (χ0v) is 14.5. The third kappa shape index (κ3) is 3.80. The molecule has 1 aromatic carbocycles. The molecule has 0 amide bonds. The lowest BCUT2D eigenvalue weighted by atomic mass is 9.92. The van der Waals surface area contributed by atoms with Crippen LogP contribution in [0, 0.1) is 0 Å². The third-order valence-electron chi connectivity index (χ3n) is 4.21. The Kier molecular flexibility index (Phi) is 4.85. The summed E-state index contributed by atoms with van der Waals surface area (Å²) < 4.78 is 42.4. The molecule has 2 aliphatic rings.